The summed E-state index contributed by atoms with van der Waals surface area (Å²) >= 11 is 0. The summed E-state index contributed by atoms with van der Waals surface area (Å²) in [5.41, 5.74) is 1.37. The summed E-state index contributed by atoms with van der Waals surface area (Å²) in [6.45, 7) is 4.18. The Morgan fingerprint density at radius 3 is 2.69 bits per heavy atom. The maximum absolute atomic E-state index is 13.0. The Morgan fingerprint density at radius 2 is 1.97 bits per heavy atom. The van der Waals surface area contributed by atoms with E-state index in [-0.39, 0.29) is 11.7 Å². The van der Waals surface area contributed by atoms with Gasteiger partial charge in [0.15, 0.2) is 5.82 Å². The van der Waals surface area contributed by atoms with Gasteiger partial charge in [0.05, 0.1) is 0 Å². The average Bonchev–Trinajstić information content (AvgIpc) is 3.42. The molecule has 0 unspecified atom stereocenters. The zero-order chi connectivity index (χ0) is 20.2. The molecule has 2 aromatic heterocycles. The van der Waals surface area contributed by atoms with E-state index in [4.69, 9.17) is 4.52 Å². The lowest BCUT2D eigenvalue weighted by Gasteiger charge is -2.32. The quantitative estimate of drug-likeness (QED) is 0.635. The van der Waals surface area contributed by atoms with E-state index in [1.54, 1.807) is 29.1 Å². The van der Waals surface area contributed by atoms with Gasteiger partial charge in [-0.3, -0.25) is 9.48 Å². The van der Waals surface area contributed by atoms with E-state index >= 15 is 0 Å². The molecule has 1 saturated heterocycles. The highest BCUT2D eigenvalue weighted by Crippen LogP contribution is 2.24. The number of halogens is 1. The van der Waals surface area contributed by atoms with Gasteiger partial charge in [0.25, 0.3) is 11.8 Å². The molecule has 0 radical (unpaired) electrons. The number of aryl methyl sites for hydroxylation is 2. The van der Waals surface area contributed by atoms with Crippen LogP contribution >= 0.6 is 0 Å². The van der Waals surface area contributed by atoms with Crippen molar-refractivity contribution in [3.05, 3.63) is 53.9 Å². The van der Waals surface area contributed by atoms with Crippen molar-refractivity contribution in [3.63, 3.8) is 0 Å². The number of carbonyl (C=O) groups excluding carboxylic acids is 1. The summed E-state index contributed by atoms with van der Waals surface area (Å²) < 4.78 is 20.1. The molecule has 0 bridgehead atoms. The third-order valence-electron chi connectivity index (χ3n) is 5.47. The predicted molar refractivity (Wildman–Crippen MR) is 105 cm³/mol. The third kappa shape index (κ3) is 4.36. The van der Waals surface area contributed by atoms with Crippen LogP contribution in [0.5, 0.6) is 0 Å². The first kappa shape index (κ1) is 19.3. The van der Waals surface area contributed by atoms with Crippen LogP contribution in [0.2, 0.25) is 0 Å². The van der Waals surface area contributed by atoms with Crippen LogP contribution in [0.1, 0.15) is 42.5 Å². The molecule has 0 aliphatic carbocycles. The van der Waals surface area contributed by atoms with Crippen LogP contribution in [0.3, 0.4) is 0 Å². The fourth-order valence-electron chi connectivity index (χ4n) is 3.75. The normalized spacial score (nSPS) is 15.0. The number of piperidine rings is 1. The van der Waals surface area contributed by atoms with Crippen molar-refractivity contribution >= 4 is 5.91 Å². The van der Waals surface area contributed by atoms with Crippen molar-refractivity contribution in [1.82, 2.24) is 24.8 Å². The summed E-state index contributed by atoms with van der Waals surface area (Å²) in [5.74, 6) is 1.37. The van der Waals surface area contributed by atoms with E-state index in [1.165, 1.54) is 12.1 Å². The van der Waals surface area contributed by atoms with Gasteiger partial charge >= 0.3 is 0 Å². The molecule has 4 rings (SSSR count). The minimum absolute atomic E-state index is 0.0601. The number of rotatable bonds is 6. The van der Waals surface area contributed by atoms with Gasteiger partial charge in [-0.2, -0.15) is 10.1 Å². The zero-order valence-electron chi connectivity index (χ0n) is 16.4. The van der Waals surface area contributed by atoms with E-state index in [9.17, 15) is 9.18 Å². The Hall–Kier alpha value is -3.03. The van der Waals surface area contributed by atoms with Crippen LogP contribution in [0, 0.1) is 11.7 Å². The van der Waals surface area contributed by atoms with Crippen molar-refractivity contribution in [1.29, 1.82) is 0 Å². The first-order valence-corrected chi connectivity index (χ1v) is 10.0. The number of hydrogen-bond donors (Lipinski definition) is 0. The maximum Gasteiger partial charge on any atom is 0.272 e. The van der Waals surface area contributed by atoms with Crippen LogP contribution in [-0.4, -0.2) is 43.8 Å². The molecule has 3 aromatic rings. The van der Waals surface area contributed by atoms with Gasteiger partial charge in [-0.25, -0.2) is 4.39 Å². The highest BCUT2D eigenvalue weighted by atomic mass is 19.1. The Kier molecular flexibility index (Phi) is 5.69. The fourth-order valence-corrected chi connectivity index (χ4v) is 3.75. The number of aromatic nitrogens is 4. The van der Waals surface area contributed by atoms with Crippen molar-refractivity contribution in [2.45, 2.75) is 39.2 Å². The van der Waals surface area contributed by atoms with Crippen LogP contribution < -0.4 is 0 Å². The van der Waals surface area contributed by atoms with Gasteiger partial charge in [0.2, 0.25) is 0 Å². The summed E-state index contributed by atoms with van der Waals surface area (Å²) in [6, 6.07) is 7.80. The number of hydrogen-bond acceptors (Lipinski definition) is 5. The largest absolute Gasteiger partial charge is 0.337 e. The molecule has 1 aromatic carbocycles. The summed E-state index contributed by atoms with van der Waals surface area (Å²) in [6.07, 6.45) is 5.29. The zero-order valence-corrected chi connectivity index (χ0v) is 16.4. The van der Waals surface area contributed by atoms with Crippen molar-refractivity contribution in [2.24, 2.45) is 5.92 Å². The molecule has 1 aliphatic rings. The Bertz CT molecular complexity index is 958. The lowest BCUT2D eigenvalue weighted by molar-refractivity contribution is 0.0674. The Morgan fingerprint density at radius 1 is 1.21 bits per heavy atom. The molecule has 3 heterocycles. The number of likely N-dealkylation sites (tertiary alicyclic amines) is 1. The second kappa shape index (κ2) is 8.55. The van der Waals surface area contributed by atoms with Crippen LogP contribution in [0.15, 0.2) is 41.1 Å². The van der Waals surface area contributed by atoms with Crippen LogP contribution in [-0.2, 0) is 13.0 Å². The molecule has 1 aliphatic heterocycles. The first-order valence-electron chi connectivity index (χ1n) is 10.0. The van der Waals surface area contributed by atoms with Gasteiger partial charge in [0.1, 0.15) is 11.5 Å². The molecule has 0 spiro atoms. The predicted octanol–water partition coefficient (Wildman–Crippen LogP) is 3.58. The topological polar surface area (TPSA) is 77.0 Å². The molecule has 8 heteroatoms. The van der Waals surface area contributed by atoms with Gasteiger partial charge in [0, 0.05) is 37.8 Å². The van der Waals surface area contributed by atoms with E-state index in [0.717, 1.165) is 38.8 Å². The van der Waals surface area contributed by atoms with Gasteiger partial charge in [-0.05, 0) is 62.4 Å². The maximum atomic E-state index is 13.0. The van der Waals surface area contributed by atoms with Gasteiger partial charge in [-0.15, -0.1) is 0 Å². The van der Waals surface area contributed by atoms with Gasteiger partial charge in [-0.1, -0.05) is 5.16 Å². The third-order valence-corrected chi connectivity index (χ3v) is 5.47. The molecule has 0 atom stereocenters. The second-order valence-corrected chi connectivity index (χ2v) is 7.33. The van der Waals surface area contributed by atoms with Crippen molar-refractivity contribution in [3.8, 4) is 11.5 Å². The smallest absolute Gasteiger partial charge is 0.272 e. The van der Waals surface area contributed by atoms with Crippen LogP contribution in [0.4, 0.5) is 4.39 Å². The lowest BCUT2D eigenvalue weighted by atomic mass is 9.92. The Labute approximate surface area is 168 Å². The van der Waals surface area contributed by atoms with Crippen LogP contribution in [0.25, 0.3) is 11.5 Å². The number of amides is 1. The summed E-state index contributed by atoms with van der Waals surface area (Å²) in [5, 5.41) is 8.23. The molecule has 1 amide bonds. The van der Waals surface area contributed by atoms with Crippen molar-refractivity contribution in [2.75, 3.05) is 13.1 Å². The SMILES string of the molecule is CCn1nccc1C(=O)N1CCC(CCc2noc(-c3ccc(F)cc3)n2)CC1. The molecule has 152 valence electrons. The van der Waals surface area contributed by atoms with E-state index < -0.39 is 0 Å². The highest BCUT2D eigenvalue weighted by Gasteiger charge is 2.25. The fraction of sp³-hybridized carbons (Fsp3) is 0.429. The van der Waals surface area contributed by atoms with Crippen molar-refractivity contribution < 1.29 is 13.7 Å². The van der Waals surface area contributed by atoms with E-state index in [1.807, 2.05) is 11.8 Å². The minimum Gasteiger partial charge on any atom is -0.337 e. The Balaban J connectivity index is 1.27. The number of nitrogens with zero attached hydrogens (tertiary/aromatic N) is 5. The number of benzene rings is 1. The molecular formula is C21H24FN5O2. The lowest BCUT2D eigenvalue weighted by Crippen LogP contribution is -2.39. The number of carbonyl (C=O) groups is 1. The molecule has 29 heavy (non-hydrogen) atoms. The molecule has 1 fully saturated rings. The molecule has 0 saturated carbocycles. The standard InChI is InChI=1S/C21H24FN5O2/c1-2-27-18(9-12-23-27)21(28)26-13-10-15(11-14-26)3-8-19-24-20(29-25-19)16-4-6-17(22)7-5-16/h4-7,9,12,15H,2-3,8,10-11,13-14H2,1H3. The van der Waals surface area contributed by atoms with E-state index in [2.05, 4.69) is 15.2 Å². The average molecular weight is 397 g/mol. The minimum atomic E-state index is -0.294. The molecule has 7 nitrogen and oxygen atoms in total. The monoisotopic (exact) mass is 397 g/mol. The summed E-state index contributed by atoms with van der Waals surface area (Å²) in [4.78, 5) is 19.0. The molecule has 0 N–H and O–H groups in total. The second-order valence-electron chi connectivity index (χ2n) is 7.33. The van der Waals surface area contributed by atoms with E-state index in [0.29, 0.717) is 35.4 Å². The summed E-state index contributed by atoms with van der Waals surface area (Å²) in [7, 11) is 0. The highest BCUT2D eigenvalue weighted by molar-refractivity contribution is 5.92. The first-order chi connectivity index (χ1) is 14.1. The molecular weight excluding hydrogens is 373 g/mol. The van der Waals surface area contributed by atoms with Gasteiger partial charge < -0.3 is 9.42 Å².